The van der Waals surface area contributed by atoms with Crippen molar-refractivity contribution < 1.29 is 13.5 Å². The summed E-state index contributed by atoms with van der Waals surface area (Å²) in [4.78, 5) is 9.82. The fraction of sp³-hybridized carbons (Fsp3) is 0.333. The first kappa shape index (κ1) is 16.9. The highest BCUT2D eigenvalue weighted by Crippen LogP contribution is 2.25. The Labute approximate surface area is 144 Å². The average Bonchev–Trinajstić information content (AvgIpc) is 3.11. The summed E-state index contributed by atoms with van der Waals surface area (Å²) >= 11 is 1.45. The first-order valence-electron chi connectivity index (χ1n) is 7.32. The zero-order chi connectivity index (χ0) is 17.2. The Morgan fingerprint density at radius 3 is 2.42 bits per heavy atom. The van der Waals surface area contributed by atoms with Gasteiger partial charge in [0, 0.05) is 31.6 Å². The fourth-order valence-electron chi connectivity index (χ4n) is 2.48. The zero-order valence-electron chi connectivity index (χ0n) is 12.8. The fourth-order valence-corrected chi connectivity index (χ4v) is 4.77. The molecule has 0 saturated carbocycles. The average molecular weight is 364 g/mol. The second kappa shape index (κ2) is 6.86. The third kappa shape index (κ3) is 3.27. The monoisotopic (exact) mass is 364 g/mol. The molecule has 0 atom stereocenters. The van der Waals surface area contributed by atoms with E-state index in [2.05, 4.69) is 9.83 Å². The minimum absolute atomic E-state index is 0.0918. The van der Waals surface area contributed by atoms with Crippen molar-refractivity contribution in [2.45, 2.75) is 11.5 Å². The molecule has 9 heteroatoms. The number of thiazole rings is 1. The molecule has 1 N–H and O–H groups in total. The van der Waals surface area contributed by atoms with E-state index in [1.54, 1.807) is 5.38 Å². The Morgan fingerprint density at radius 1 is 1.21 bits per heavy atom. The molecule has 1 aliphatic rings. The lowest BCUT2D eigenvalue weighted by atomic mass is 10.3. The molecule has 1 saturated heterocycles. The van der Waals surface area contributed by atoms with Crippen LogP contribution in [-0.4, -0.2) is 49.0 Å². The van der Waals surface area contributed by atoms with Crippen molar-refractivity contribution >= 4 is 32.2 Å². The van der Waals surface area contributed by atoms with Gasteiger partial charge in [0.2, 0.25) is 10.0 Å². The number of piperazine rings is 1. The molecule has 0 amide bonds. The normalized spacial score (nSPS) is 16.1. The lowest BCUT2D eigenvalue weighted by Gasteiger charge is -2.33. The number of sulfonamides is 1. The Hall–Kier alpha value is -1.99. The number of nitrogens with zero attached hydrogens (tertiary/aromatic N) is 4. The van der Waals surface area contributed by atoms with Gasteiger partial charge in [-0.3, -0.25) is 0 Å². The predicted molar refractivity (Wildman–Crippen MR) is 91.7 cm³/mol. The van der Waals surface area contributed by atoms with Crippen molar-refractivity contribution in [1.82, 2.24) is 9.29 Å². The number of aliphatic hydroxyl groups excluding tert-OH is 1. The molecule has 0 radical (unpaired) electrons. The maximum absolute atomic E-state index is 12.7. The van der Waals surface area contributed by atoms with Gasteiger partial charge in [-0.05, 0) is 0 Å². The van der Waals surface area contributed by atoms with Crippen LogP contribution in [0.1, 0.15) is 5.69 Å². The second-order valence-electron chi connectivity index (χ2n) is 5.28. The largest absolute Gasteiger partial charge is 0.390 e. The van der Waals surface area contributed by atoms with Crippen LogP contribution < -0.4 is 4.90 Å². The van der Waals surface area contributed by atoms with Crippen LogP contribution in [-0.2, 0) is 16.6 Å². The standard InChI is InChI=1S/C15H16N4O3S2/c1-16-12-2-4-14(5-3-12)24(21,22)19-8-6-18(7-9-19)15-17-13(10-20)11-23-15/h2-5,11,20H,6-10H2. The molecule has 1 aromatic carbocycles. The first-order valence-corrected chi connectivity index (χ1v) is 9.64. The van der Waals surface area contributed by atoms with Crippen LogP contribution in [0.2, 0.25) is 0 Å². The zero-order valence-corrected chi connectivity index (χ0v) is 14.4. The van der Waals surface area contributed by atoms with Gasteiger partial charge in [0.15, 0.2) is 10.8 Å². The van der Waals surface area contributed by atoms with E-state index in [0.29, 0.717) is 37.6 Å². The molecule has 1 aromatic heterocycles. The number of aromatic nitrogens is 1. The minimum atomic E-state index is -3.55. The minimum Gasteiger partial charge on any atom is -0.390 e. The van der Waals surface area contributed by atoms with Crippen LogP contribution in [0.15, 0.2) is 34.5 Å². The highest BCUT2D eigenvalue weighted by Gasteiger charge is 2.29. The van der Waals surface area contributed by atoms with Gasteiger partial charge in [0.05, 0.1) is 23.8 Å². The lowest BCUT2D eigenvalue weighted by molar-refractivity contribution is 0.277. The molecule has 126 valence electrons. The summed E-state index contributed by atoms with van der Waals surface area (Å²) < 4.78 is 26.8. The number of rotatable bonds is 4. The maximum Gasteiger partial charge on any atom is 0.243 e. The van der Waals surface area contributed by atoms with Crippen LogP contribution >= 0.6 is 11.3 Å². The van der Waals surface area contributed by atoms with Crippen LogP contribution in [0.5, 0.6) is 0 Å². The topological polar surface area (TPSA) is 78.1 Å². The molecule has 1 aliphatic heterocycles. The summed E-state index contributed by atoms with van der Waals surface area (Å²) in [6.45, 7) is 8.69. The molecule has 0 bridgehead atoms. The van der Waals surface area contributed by atoms with E-state index < -0.39 is 10.0 Å². The summed E-state index contributed by atoms with van der Waals surface area (Å²) in [6.07, 6.45) is 0. The van der Waals surface area contributed by atoms with E-state index in [4.69, 9.17) is 11.7 Å². The molecule has 2 heterocycles. The second-order valence-corrected chi connectivity index (χ2v) is 8.05. The van der Waals surface area contributed by atoms with Crippen LogP contribution in [0.25, 0.3) is 4.85 Å². The summed E-state index contributed by atoms with van der Waals surface area (Å²) in [5.41, 5.74) is 1.05. The molecule has 1 fully saturated rings. The van der Waals surface area contributed by atoms with Crippen molar-refractivity contribution in [3.63, 3.8) is 0 Å². The van der Waals surface area contributed by atoms with Crippen molar-refractivity contribution in [3.8, 4) is 0 Å². The Balaban J connectivity index is 1.69. The predicted octanol–water partition coefficient (Wildman–Crippen LogP) is 1.70. The van der Waals surface area contributed by atoms with Gasteiger partial charge in [-0.2, -0.15) is 4.31 Å². The molecule has 3 rings (SSSR count). The number of benzene rings is 1. The molecule has 0 aliphatic carbocycles. The van der Waals surface area contributed by atoms with Gasteiger partial charge in [0.1, 0.15) is 0 Å². The highest BCUT2D eigenvalue weighted by molar-refractivity contribution is 7.89. The van der Waals surface area contributed by atoms with Crippen molar-refractivity contribution in [2.24, 2.45) is 0 Å². The third-order valence-corrected chi connectivity index (χ3v) is 6.68. The Bertz CT molecular complexity index is 848. The summed E-state index contributed by atoms with van der Waals surface area (Å²) in [5.74, 6) is 0. The third-order valence-electron chi connectivity index (χ3n) is 3.81. The van der Waals surface area contributed by atoms with Crippen molar-refractivity contribution in [2.75, 3.05) is 31.1 Å². The van der Waals surface area contributed by atoms with Crippen molar-refractivity contribution in [1.29, 1.82) is 0 Å². The lowest BCUT2D eigenvalue weighted by Crippen LogP contribution is -2.48. The summed E-state index contributed by atoms with van der Waals surface area (Å²) in [5, 5.41) is 11.7. The molecular formula is C15H16N4O3S2. The van der Waals surface area contributed by atoms with Crippen LogP contribution in [0, 0.1) is 6.57 Å². The molecule has 7 nitrogen and oxygen atoms in total. The Kier molecular flexibility index (Phi) is 4.82. The SMILES string of the molecule is [C-]#[N+]c1ccc(S(=O)(=O)N2CCN(c3nc(CO)cs3)CC2)cc1. The number of anilines is 1. The quantitative estimate of drug-likeness (QED) is 0.836. The van der Waals surface area contributed by atoms with Crippen LogP contribution in [0.3, 0.4) is 0 Å². The van der Waals surface area contributed by atoms with E-state index in [-0.39, 0.29) is 11.5 Å². The van der Waals surface area contributed by atoms with E-state index in [0.717, 1.165) is 5.13 Å². The van der Waals surface area contributed by atoms with Gasteiger partial charge in [-0.15, -0.1) is 11.3 Å². The number of hydrogen-bond acceptors (Lipinski definition) is 6. The van der Waals surface area contributed by atoms with E-state index in [1.165, 1.54) is 39.9 Å². The van der Waals surface area contributed by atoms with E-state index in [1.807, 2.05) is 4.90 Å². The first-order chi connectivity index (χ1) is 11.5. The van der Waals surface area contributed by atoms with E-state index >= 15 is 0 Å². The molecule has 0 spiro atoms. The van der Waals surface area contributed by atoms with Gasteiger partial charge >= 0.3 is 0 Å². The molecule has 24 heavy (non-hydrogen) atoms. The maximum atomic E-state index is 12.7. The van der Waals surface area contributed by atoms with Gasteiger partial charge < -0.3 is 10.0 Å². The molecule has 2 aromatic rings. The summed E-state index contributed by atoms with van der Waals surface area (Å²) in [7, 11) is -3.55. The smallest absolute Gasteiger partial charge is 0.243 e. The van der Waals surface area contributed by atoms with Gasteiger partial charge in [0.25, 0.3) is 0 Å². The number of aliphatic hydroxyl groups is 1. The molecular weight excluding hydrogens is 348 g/mol. The Morgan fingerprint density at radius 2 is 1.88 bits per heavy atom. The number of hydrogen-bond donors (Lipinski definition) is 1. The highest BCUT2D eigenvalue weighted by atomic mass is 32.2. The summed E-state index contributed by atoms with van der Waals surface area (Å²) in [6, 6.07) is 5.98. The van der Waals surface area contributed by atoms with Crippen LogP contribution in [0.4, 0.5) is 10.8 Å². The van der Waals surface area contributed by atoms with Gasteiger partial charge in [-0.1, -0.05) is 24.3 Å². The van der Waals surface area contributed by atoms with Crippen molar-refractivity contribution in [3.05, 3.63) is 46.8 Å². The molecule has 0 unspecified atom stereocenters. The van der Waals surface area contributed by atoms with Gasteiger partial charge in [-0.25, -0.2) is 18.2 Å². The van der Waals surface area contributed by atoms with E-state index in [9.17, 15) is 8.42 Å².